The number of aliphatic imine (C=N–C) groups is 1. The normalized spacial score (nSPS) is 16.3. The fourth-order valence-electron chi connectivity index (χ4n) is 12.8. The van der Waals surface area contributed by atoms with Gasteiger partial charge >= 0.3 is 23.9 Å². The predicted molar refractivity (Wildman–Crippen MR) is 396 cm³/mol. The van der Waals surface area contributed by atoms with Crippen LogP contribution in [0.1, 0.15) is 94.7 Å². The summed E-state index contributed by atoms with van der Waals surface area (Å²) in [4.78, 5) is 190. The largest absolute Gasteiger partial charge is 0.508 e. The van der Waals surface area contributed by atoms with Gasteiger partial charge in [-0.25, -0.2) is 4.79 Å². The molecule has 1 aromatic heterocycles. The number of rotatable bonds is 42. The Balaban J connectivity index is 0.0000213. The number of aromatic amines is 1. The van der Waals surface area contributed by atoms with Crippen LogP contribution in [-0.2, 0) is 81.6 Å². The SMILES string of the molecule is CC(C)C[C@H](NC(=O)[C@H](Cc1ccc(O)cc1)NC(=O)C(CCCN=C(N)N)NC(=O)C(CO)NC(=O)C(Cc1ccccc1)NC(=O)[C@H](CC1CCCCC1)NC(=O)[C@H](CC(=O)O)NC(=O)CN1CCN(CC(=O)O)CCN(CC(=O)O)CC1)C(=O)N[C@@H](Cc1c[nH]c2ccccc12)C(=O)N[C@@H](CO)C(=O)O.[68Ga]. The van der Waals surface area contributed by atoms with Crippen molar-refractivity contribution in [1.82, 2.24) is 67.5 Å². The average molecular weight is 1580 g/mol. The van der Waals surface area contributed by atoms with E-state index in [0.29, 0.717) is 40.4 Å². The van der Waals surface area contributed by atoms with Crippen LogP contribution in [0.25, 0.3) is 10.9 Å². The number of aliphatic hydroxyl groups is 2. The van der Waals surface area contributed by atoms with E-state index in [-0.39, 0.29) is 147 Å². The monoisotopic (exact) mass is 1580 g/mol. The molecule has 37 heteroatoms. The molecule has 1 aliphatic carbocycles. The molecule has 0 bridgehead atoms. The number of fused-ring (bicyclic) bond motifs is 1. The minimum absolute atomic E-state index is 0. The van der Waals surface area contributed by atoms with Gasteiger partial charge in [0.15, 0.2) is 5.96 Å². The van der Waals surface area contributed by atoms with Gasteiger partial charge in [-0.2, -0.15) is 0 Å². The zero-order valence-electron chi connectivity index (χ0n) is 61.1. The Bertz CT molecular complexity index is 3720. The quantitative estimate of drug-likeness (QED) is 0.00889. The molecule has 21 N–H and O–H groups in total. The number of aromatic nitrogens is 1. The number of benzene rings is 3. The van der Waals surface area contributed by atoms with Crippen molar-refractivity contribution in [1.29, 1.82) is 0 Å². The number of nitrogens with one attached hydrogen (secondary N) is 10. The number of para-hydroxylation sites is 1. The number of carboxylic acids is 4. The van der Waals surface area contributed by atoms with Crippen LogP contribution in [0, 0.1) is 11.8 Å². The first-order valence-electron chi connectivity index (χ1n) is 35.9. The topological polar surface area (TPSA) is 562 Å². The first-order chi connectivity index (χ1) is 51.5. The van der Waals surface area contributed by atoms with Gasteiger partial charge in [-0.1, -0.05) is 107 Å². The molecule has 1 saturated heterocycles. The Morgan fingerprint density at radius 3 is 1.46 bits per heavy atom. The number of H-pyrrole nitrogens is 1. The van der Waals surface area contributed by atoms with Crippen LogP contribution < -0.4 is 59.3 Å². The Labute approximate surface area is 642 Å². The third-order valence-corrected chi connectivity index (χ3v) is 18.4. The molecule has 109 heavy (non-hydrogen) atoms. The number of phenolic OH excluding ortho intramolecular Hbond substituents is 1. The molecule has 6 rings (SSSR count). The van der Waals surface area contributed by atoms with Gasteiger partial charge in [0.2, 0.25) is 53.2 Å². The Morgan fingerprint density at radius 2 is 0.936 bits per heavy atom. The minimum atomic E-state index is -1.87. The number of hydrogen-bond acceptors (Lipinski definition) is 20. The molecule has 1 aliphatic heterocycles. The number of nitrogens with zero attached hydrogens (tertiary/aromatic N) is 4. The summed E-state index contributed by atoms with van der Waals surface area (Å²) in [7, 11) is 0. The van der Waals surface area contributed by atoms with E-state index in [1.54, 1.807) is 89.3 Å². The first kappa shape index (κ1) is 89.4. The molecule has 9 atom stereocenters. The molecule has 2 heterocycles. The van der Waals surface area contributed by atoms with E-state index in [0.717, 1.165) is 19.3 Å². The summed E-state index contributed by atoms with van der Waals surface area (Å²) >= 11 is 0. The predicted octanol–water partition coefficient (Wildman–Crippen LogP) is -3.41. The molecule has 2 fully saturated rings. The number of aromatic hydroxyl groups is 1. The van der Waals surface area contributed by atoms with Gasteiger partial charge in [-0.15, -0.1) is 0 Å². The number of carbonyl (C=O) groups is 13. The molecular formula is C72H102GaN16O20. The van der Waals surface area contributed by atoms with Crippen molar-refractivity contribution in [2.24, 2.45) is 28.3 Å². The third-order valence-electron chi connectivity index (χ3n) is 18.4. The standard InChI is InChI=1S/C72H102N16O20.Ga/c1-42(2)30-51(64(100)83-55(68(104)85-58(41-90)71(107)108)34-46-36-76-49-17-10-9-16-48(46)49)79-65(101)54(33-45-19-21-47(91)22-20-45)80-63(99)50(18-11-23-75-72(73)74)78-70(106)57(40-89)84-67(103)53(32-44-14-7-4-8-15-44)81-66(102)52(31-43-12-5-3-6-13-43)82-69(105)56(35-60(93)94)77-59(92)37-86-24-26-87(38-61(95)96)28-29-88(27-25-86)39-62(97)98;/h4,7-10,14-17,19-22,36,42-43,50-58,76,89-91H,3,5-6,11-13,18,23-35,37-41H2,1-2H3,(H,77,92)(H,78,106)(H,79,101)(H,80,99)(H,81,102)(H,82,105)(H,83,100)(H,84,103)(H,85,104)(H,93,94)(H,95,96)(H,97,98)(H,107,108)(H4,73,74,75);/t50?,51-,52-,53?,54-,55-,56-,57?,58-;/m0./s1/i;1-2. The summed E-state index contributed by atoms with van der Waals surface area (Å²) < 4.78 is 0. The second-order valence-corrected chi connectivity index (χ2v) is 27.5. The fraction of sp³-hybridized carbons (Fsp3) is 0.528. The van der Waals surface area contributed by atoms with Crippen LogP contribution in [0.4, 0.5) is 0 Å². The molecule has 2 aliphatic rings. The van der Waals surface area contributed by atoms with E-state index in [1.807, 2.05) is 0 Å². The number of nitrogens with two attached hydrogens (primary N) is 2. The van der Waals surface area contributed by atoms with Crippen molar-refractivity contribution >= 4 is 114 Å². The van der Waals surface area contributed by atoms with E-state index in [4.69, 9.17) is 11.5 Å². The number of amides is 9. The van der Waals surface area contributed by atoms with Crippen molar-refractivity contribution in [3.8, 4) is 5.75 Å². The van der Waals surface area contributed by atoms with E-state index in [1.165, 1.54) is 24.3 Å². The molecule has 3 aromatic carbocycles. The van der Waals surface area contributed by atoms with Crippen LogP contribution >= 0.6 is 0 Å². The number of guanidine groups is 1. The number of carboxylic acid groups (broad SMARTS) is 4. The number of phenols is 1. The van der Waals surface area contributed by atoms with Crippen molar-refractivity contribution in [2.75, 3.05) is 78.7 Å². The first-order valence-corrected chi connectivity index (χ1v) is 35.9. The number of carbonyl (C=O) groups excluding carboxylic acids is 9. The summed E-state index contributed by atoms with van der Waals surface area (Å²) in [6.07, 6.45) is 3.33. The molecular weight excluding hydrogens is 1480 g/mol. The van der Waals surface area contributed by atoms with Gasteiger partial charge in [0.1, 0.15) is 60.1 Å². The van der Waals surface area contributed by atoms with Crippen LogP contribution in [0.2, 0.25) is 0 Å². The van der Waals surface area contributed by atoms with Crippen LogP contribution in [0.3, 0.4) is 0 Å². The fourth-order valence-corrected chi connectivity index (χ4v) is 12.8. The summed E-state index contributed by atoms with van der Waals surface area (Å²) in [6, 6.07) is 6.33. The van der Waals surface area contributed by atoms with Crippen LogP contribution in [-0.4, -0.2) is 291 Å². The molecule has 3 unspecified atom stereocenters. The van der Waals surface area contributed by atoms with Gasteiger partial charge in [-0.05, 0) is 72.4 Å². The average Bonchev–Trinajstić information content (AvgIpc) is 1.60. The Morgan fingerprint density at radius 1 is 0.495 bits per heavy atom. The molecule has 593 valence electrons. The van der Waals surface area contributed by atoms with Crippen molar-refractivity contribution in [3.63, 3.8) is 0 Å². The van der Waals surface area contributed by atoms with E-state index in [9.17, 15) is 98.1 Å². The maximum absolute atomic E-state index is 14.9. The van der Waals surface area contributed by atoms with Crippen molar-refractivity contribution < 1.29 is 98.1 Å². The van der Waals surface area contributed by atoms with E-state index >= 15 is 0 Å². The molecule has 3 radical (unpaired) electrons. The maximum Gasteiger partial charge on any atom is 0.328 e. The third kappa shape index (κ3) is 31.1. The second kappa shape index (κ2) is 45.6. The van der Waals surface area contributed by atoms with Crippen molar-refractivity contribution in [2.45, 2.75) is 152 Å². The minimum Gasteiger partial charge on any atom is -0.508 e. The second-order valence-electron chi connectivity index (χ2n) is 27.5. The number of aliphatic carboxylic acids is 4. The molecule has 9 amide bonds. The summed E-state index contributed by atoms with van der Waals surface area (Å²) in [5, 5.41) is 93.4. The van der Waals surface area contributed by atoms with Gasteiger partial charge in [0.25, 0.3) is 0 Å². The van der Waals surface area contributed by atoms with Gasteiger partial charge < -0.3 is 100 Å². The van der Waals surface area contributed by atoms with Crippen molar-refractivity contribution in [3.05, 3.63) is 102 Å². The molecule has 1 saturated carbocycles. The van der Waals surface area contributed by atoms with Gasteiger partial charge in [-0.3, -0.25) is 77.2 Å². The molecule has 36 nitrogen and oxygen atoms in total. The zero-order valence-corrected chi connectivity index (χ0v) is 63.5. The summed E-state index contributed by atoms with van der Waals surface area (Å²) in [5.74, 6) is -15.1. The molecule has 0 spiro atoms. The van der Waals surface area contributed by atoms with E-state index < -0.39 is 158 Å². The van der Waals surface area contributed by atoms with E-state index in [2.05, 4.69) is 57.8 Å². The Hall–Kier alpha value is -10.2. The van der Waals surface area contributed by atoms with Gasteiger partial charge in [0.05, 0.1) is 39.3 Å². The Kier molecular flexibility index (Phi) is 37.4. The van der Waals surface area contributed by atoms with Crippen LogP contribution in [0.15, 0.2) is 90.1 Å². The summed E-state index contributed by atoms with van der Waals surface area (Å²) in [6.45, 7) is 1.19. The maximum atomic E-state index is 14.9. The zero-order chi connectivity index (χ0) is 79.0. The van der Waals surface area contributed by atoms with Crippen LogP contribution in [0.5, 0.6) is 5.75 Å². The molecule has 4 aromatic rings. The number of hydrogen-bond donors (Lipinski definition) is 19. The summed E-state index contributed by atoms with van der Waals surface area (Å²) in [5.41, 5.74) is 13.3. The smallest absolute Gasteiger partial charge is 0.328 e. The van der Waals surface area contributed by atoms with Gasteiger partial charge in [0, 0.05) is 102 Å². The number of aliphatic hydroxyl groups excluding tert-OH is 2.